The van der Waals surface area contributed by atoms with Gasteiger partial charge in [-0.2, -0.15) is 0 Å². The number of hydrogen-bond donors (Lipinski definition) is 0. The molecule has 0 radical (unpaired) electrons. The lowest BCUT2D eigenvalue weighted by Gasteiger charge is -2.56. The summed E-state index contributed by atoms with van der Waals surface area (Å²) in [5, 5.41) is 0. The third-order valence-corrected chi connectivity index (χ3v) is 5.23. The Morgan fingerprint density at radius 2 is 1.37 bits per heavy atom. The van der Waals surface area contributed by atoms with E-state index in [2.05, 4.69) is 51.0 Å². The van der Waals surface area contributed by atoms with E-state index < -0.39 is 5.41 Å². The second-order valence-corrected chi connectivity index (χ2v) is 8.28. The van der Waals surface area contributed by atoms with Crippen LogP contribution in [0.5, 0.6) is 0 Å². The smallest absolute Gasteiger partial charge is 0.315 e. The molecule has 1 aliphatic rings. The summed E-state index contributed by atoms with van der Waals surface area (Å²) in [6.07, 6.45) is 6.07. The SMILES string of the molecule is CC(C)(C)C(C(=O)OP)(C1CCCCC1)C(C)(C)C. The van der Waals surface area contributed by atoms with Crippen LogP contribution in [0.15, 0.2) is 0 Å². The van der Waals surface area contributed by atoms with Crippen LogP contribution in [0.3, 0.4) is 0 Å². The predicted molar refractivity (Wildman–Crippen MR) is 83.7 cm³/mol. The van der Waals surface area contributed by atoms with E-state index in [1.54, 1.807) is 0 Å². The van der Waals surface area contributed by atoms with E-state index in [4.69, 9.17) is 4.52 Å². The van der Waals surface area contributed by atoms with Gasteiger partial charge in [0.25, 0.3) is 0 Å². The van der Waals surface area contributed by atoms with Crippen LogP contribution in [0.1, 0.15) is 73.6 Å². The zero-order chi connectivity index (χ0) is 14.9. The quantitative estimate of drug-likeness (QED) is 0.669. The largest absolute Gasteiger partial charge is 0.451 e. The van der Waals surface area contributed by atoms with Gasteiger partial charge in [0, 0.05) is 0 Å². The summed E-state index contributed by atoms with van der Waals surface area (Å²) in [6.45, 7) is 13.1. The van der Waals surface area contributed by atoms with E-state index in [-0.39, 0.29) is 16.8 Å². The lowest BCUT2D eigenvalue weighted by molar-refractivity contribution is -0.176. The van der Waals surface area contributed by atoms with E-state index in [1.165, 1.54) is 19.3 Å². The Bertz CT molecular complexity index is 303. The maximum Gasteiger partial charge on any atom is 0.315 e. The molecule has 0 aromatic carbocycles. The van der Waals surface area contributed by atoms with Crippen LogP contribution in [0.4, 0.5) is 0 Å². The molecule has 1 unspecified atom stereocenters. The van der Waals surface area contributed by atoms with Crippen LogP contribution in [-0.4, -0.2) is 5.97 Å². The third-order valence-electron chi connectivity index (χ3n) is 5.01. The summed E-state index contributed by atoms with van der Waals surface area (Å²) in [7, 11) is 2.17. The van der Waals surface area contributed by atoms with E-state index in [1.807, 2.05) is 0 Å². The van der Waals surface area contributed by atoms with Crippen LogP contribution in [0.2, 0.25) is 0 Å². The number of hydrogen-bond acceptors (Lipinski definition) is 2. The van der Waals surface area contributed by atoms with Crippen LogP contribution in [0, 0.1) is 22.2 Å². The average Bonchev–Trinajstić information content (AvgIpc) is 2.27. The summed E-state index contributed by atoms with van der Waals surface area (Å²) in [4.78, 5) is 12.8. The fourth-order valence-corrected chi connectivity index (χ4v) is 4.94. The Morgan fingerprint density at radius 1 is 0.947 bits per heavy atom. The summed E-state index contributed by atoms with van der Waals surface area (Å²) < 4.78 is 5.20. The summed E-state index contributed by atoms with van der Waals surface area (Å²) in [5.41, 5.74) is -0.649. The Kier molecular flexibility index (Phi) is 5.10. The predicted octanol–water partition coefficient (Wildman–Crippen LogP) is 4.98. The van der Waals surface area contributed by atoms with Gasteiger partial charge in [0.05, 0.1) is 14.9 Å². The van der Waals surface area contributed by atoms with Crippen molar-refractivity contribution in [1.82, 2.24) is 0 Å². The fourth-order valence-electron chi connectivity index (χ4n) is 4.76. The molecule has 1 aliphatic carbocycles. The Labute approximate surface area is 121 Å². The Balaban J connectivity index is 3.38. The lowest BCUT2D eigenvalue weighted by Crippen LogP contribution is -2.57. The topological polar surface area (TPSA) is 26.3 Å². The normalized spacial score (nSPS) is 19.3. The standard InChI is InChI=1S/C16H31O2P/c1-14(2,3)16(13(17)18-19,15(4,5)6)12-10-8-7-9-11-12/h12H,7-11,19H2,1-6H3. The monoisotopic (exact) mass is 286 g/mol. The Hall–Kier alpha value is -0.100. The van der Waals surface area contributed by atoms with Gasteiger partial charge in [0.2, 0.25) is 0 Å². The highest BCUT2D eigenvalue weighted by Gasteiger charge is 2.61. The first kappa shape index (κ1) is 17.0. The van der Waals surface area contributed by atoms with Crippen LogP contribution in [-0.2, 0) is 9.32 Å². The van der Waals surface area contributed by atoms with Gasteiger partial charge in [-0.15, -0.1) is 0 Å². The van der Waals surface area contributed by atoms with Crippen molar-refractivity contribution in [2.45, 2.75) is 73.6 Å². The zero-order valence-electron chi connectivity index (χ0n) is 13.5. The molecule has 3 heteroatoms. The van der Waals surface area contributed by atoms with Crippen molar-refractivity contribution in [2.24, 2.45) is 22.2 Å². The van der Waals surface area contributed by atoms with Gasteiger partial charge in [0.1, 0.15) is 0 Å². The van der Waals surface area contributed by atoms with Gasteiger partial charge in [-0.25, -0.2) is 0 Å². The molecule has 0 aromatic heterocycles. The molecule has 0 aromatic rings. The second kappa shape index (κ2) is 5.72. The van der Waals surface area contributed by atoms with Crippen molar-refractivity contribution in [3.63, 3.8) is 0 Å². The fraction of sp³-hybridized carbons (Fsp3) is 0.938. The average molecular weight is 286 g/mol. The summed E-state index contributed by atoms with van der Waals surface area (Å²) in [5.74, 6) is 0.374. The maximum absolute atomic E-state index is 12.8. The maximum atomic E-state index is 12.8. The summed E-state index contributed by atoms with van der Waals surface area (Å²) in [6, 6.07) is 0. The molecule has 0 bridgehead atoms. The molecule has 0 N–H and O–H groups in total. The Morgan fingerprint density at radius 3 is 1.68 bits per heavy atom. The highest BCUT2D eigenvalue weighted by molar-refractivity contribution is 7.10. The van der Waals surface area contributed by atoms with Gasteiger partial charge in [-0.1, -0.05) is 60.8 Å². The van der Waals surface area contributed by atoms with Gasteiger partial charge < -0.3 is 4.52 Å². The minimum atomic E-state index is -0.428. The molecule has 2 nitrogen and oxygen atoms in total. The molecule has 112 valence electrons. The summed E-state index contributed by atoms with van der Waals surface area (Å²) >= 11 is 0. The van der Waals surface area contributed by atoms with Crippen molar-refractivity contribution in [2.75, 3.05) is 0 Å². The number of carbonyl (C=O) groups is 1. The van der Waals surface area contributed by atoms with Crippen LogP contribution < -0.4 is 0 Å². The first-order chi connectivity index (χ1) is 8.59. The minimum absolute atomic E-state index is 0.0515. The lowest BCUT2D eigenvalue weighted by atomic mass is 9.47. The van der Waals surface area contributed by atoms with Gasteiger partial charge in [-0.3, -0.25) is 4.79 Å². The zero-order valence-corrected chi connectivity index (χ0v) is 14.7. The van der Waals surface area contributed by atoms with E-state index in [9.17, 15) is 4.79 Å². The van der Waals surface area contributed by atoms with Gasteiger partial charge >= 0.3 is 5.97 Å². The second-order valence-electron chi connectivity index (χ2n) is 8.05. The molecule has 1 rings (SSSR count). The van der Waals surface area contributed by atoms with Gasteiger partial charge in [0.15, 0.2) is 0 Å². The molecule has 1 atom stereocenters. The van der Waals surface area contributed by atoms with Crippen molar-refractivity contribution in [3.8, 4) is 0 Å². The van der Waals surface area contributed by atoms with E-state index in [0.29, 0.717) is 5.92 Å². The molecule has 0 spiro atoms. The molecular weight excluding hydrogens is 255 g/mol. The van der Waals surface area contributed by atoms with Crippen molar-refractivity contribution in [3.05, 3.63) is 0 Å². The number of carbonyl (C=O) groups excluding carboxylic acids is 1. The number of rotatable bonds is 2. The molecular formula is C16H31O2P. The molecule has 1 fully saturated rings. The van der Waals surface area contributed by atoms with Gasteiger partial charge in [-0.05, 0) is 29.6 Å². The van der Waals surface area contributed by atoms with Crippen LogP contribution >= 0.6 is 9.47 Å². The first-order valence-corrected chi connectivity index (χ1v) is 7.97. The molecule has 0 heterocycles. The molecule has 1 saturated carbocycles. The van der Waals surface area contributed by atoms with E-state index >= 15 is 0 Å². The van der Waals surface area contributed by atoms with Crippen LogP contribution in [0.25, 0.3) is 0 Å². The van der Waals surface area contributed by atoms with Crippen molar-refractivity contribution >= 4 is 15.4 Å². The van der Waals surface area contributed by atoms with E-state index in [0.717, 1.165) is 12.8 Å². The highest BCUT2D eigenvalue weighted by Crippen LogP contribution is 2.60. The third kappa shape index (κ3) is 2.84. The molecule has 0 saturated heterocycles. The molecule has 0 aliphatic heterocycles. The first-order valence-electron chi connectivity index (χ1n) is 7.50. The molecule has 0 amide bonds. The highest BCUT2D eigenvalue weighted by atomic mass is 31.0. The minimum Gasteiger partial charge on any atom is -0.451 e. The molecule has 19 heavy (non-hydrogen) atoms. The van der Waals surface area contributed by atoms with Crippen molar-refractivity contribution < 1.29 is 9.32 Å². The van der Waals surface area contributed by atoms with Crippen molar-refractivity contribution in [1.29, 1.82) is 0 Å².